The molecule has 1 aromatic heterocycles. The molecule has 1 aromatic carbocycles. The molecule has 0 saturated carbocycles. The highest BCUT2D eigenvalue weighted by molar-refractivity contribution is 5.79. The van der Waals surface area contributed by atoms with Crippen molar-refractivity contribution < 1.29 is 4.52 Å². The van der Waals surface area contributed by atoms with Gasteiger partial charge >= 0.3 is 0 Å². The first-order chi connectivity index (χ1) is 13.1. The summed E-state index contributed by atoms with van der Waals surface area (Å²) in [6, 6.07) is 10.8. The fraction of sp³-hybridized carbons (Fsp3) is 0.545. The van der Waals surface area contributed by atoms with Crippen molar-refractivity contribution >= 4 is 5.96 Å². The zero-order chi connectivity index (χ0) is 19.7. The number of hydrogen-bond donors (Lipinski definition) is 2. The average molecular weight is 371 g/mol. The Bertz CT molecular complexity index is 698. The lowest BCUT2D eigenvalue weighted by atomic mass is 9.76. The molecule has 0 atom stereocenters. The number of nitrogens with zero attached hydrogens (tertiary/aromatic N) is 2. The normalized spacial score (nSPS) is 12.3. The van der Waals surface area contributed by atoms with Crippen LogP contribution in [0.3, 0.4) is 0 Å². The number of aliphatic imine (C=N–C) groups is 1. The second kappa shape index (κ2) is 10.1. The molecule has 0 aliphatic heterocycles. The van der Waals surface area contributed by atoms with Crippen LogP contribution in [0.5, 0.6) is 0 Å². The predicted molar refractivity (Wildman–Crippen MR) is 112 cm³/mol. The summed E-state index contributed by atoms with van der Waals surface area (Å²) in [5.41, 5.74) is 3.59. The van der Waals surface area contributed by atoms with E-state index < -0.39 is 0 Å². The molecule has 0 amide bonds. The smallest absolute Gasteiger partial charge is 0.191 e. The van der Waals surface area contributed by atoms with Crippen LogP contribution in [0.25, 0.3) is 0 Å². The SMILES string of the molecule is CCNC(=NCC(CC)(CC)c1ccccc1)NCCc1c(C)noc1C. The molecule has 0 bridgehead atoms. The van der Waals surface area contributed by atoms with Gasteiger partial charge in [0.25, 0.3) is 0 Å². The zero-order valence-electron chi connectivity index (χ0n) is 17.4. The van der Waals surface area contributed by atoms with Crippen molar-refractivity contribution in [1.82, 2.24) is 15.8 Å². The molecule has 2 N–H and O–H groups in total. The molecule has 148 valence electrons. The topological polar surface area (TPSA) is 62.5 Å². The van der Waals surface area contributed by atoms with E-state index in [1.165, 1.54) is 11.1 Å². The Balaban J connectivity index is 2.06. The Morgan fingerprint density at radius 2 is 1.78 bits per heavy atom. The van der Waals surface area contributed by atoms with Crippen LogP contribution in [-0.4, -0.2) is 30.8 Å². The van der Waals surface area contributed by atoms with Crippen LogP contribution >= 0.6 is 0 Å². The number of rotatable bonds is 9. The third-order valence-corrected chi connectivity index (χ3v) is 5.47. The van der Waals surface area contributed by atoms with E-state index in [-0.39, 0.29) is 5.41 Å². The van der Waals surface area contributed by atoms with E-state index in [9.17, 15) is 0 Å². The third-order valence-electron chi connectivity index (χ3n) is 5.47. The van der Waals surface area contributed by atoms with Gasteiger partial charge in [-0.1, -0.05) is 49.3 Å². The average Bonchev–Trinajstić information content (AvgIpc) is 3.02. The molecule has 2 aromatic rings. The van der Waals surface area contributed by atoms with E-state index in [2.05, 4.69) is 66.9 Å². The van der Waals surface area contributed by atoms with E-state index in [1.54, 1.807) is 0 Å². The summed E-state index contributed by atoms with van der Waals surface area (Å²) in [5, 5.41) is 10.8. The molecule has 0 aliphatic rings. The Hall–Kier alpha value is -2.30. The van der Waals surface area contributed by atoms with Gasteiger partial charge in [-0.15, -0.1) is 0 Å². The first-order valence-electron chi connectivity index (χ1n) is 10.1. The van der Waals surface area contributed by atoms with Crippen molar-refractivity contribution in [2.75, 3.05) is 19.6 Å². The molecular formula is C22H34N4O. The van der Waals surface area contributed by atoms with Crippen LogP contribution in [0.15, 0.2) is 39.8 Å². The largest absolute Gasteiger partial charge is 0.361 e. The molecule has 0 spiro atoms. The third kappa shape index (κ3) is 5.34. The Labute approximate surface area is 163 Å². The van der Waals surface area contributed by atoms with E-state index in [0.29, 0.717) is 0 Å². The molecule has 0 radical (unpaired) electrons. The summed E-state index contributed by atoms with van der Waals surface area (Å²) in [6.45, 7) is 13.0. The summed E-state index contributed by atoms with van der Waals surface area (Å²) in [5.74, 6) is 1.77. The molecule has 27 heavy (non-hydrogen) atoms. The van der Waals surface area contributed by atoms with Gasteiger partial charge in [0, 0.05) is 24.1 Å². The number of nitrogens with one attached hydrogen (secondary N) is 2. The molecule has 0 saturated heterocycles. The number of aryl methyl sites for hydroxylation is 2. The van der Waals surface area contributed by atoms with Gasteiger partial charge in [-0.3, -0.25) is 4.99 Å². The number of benzene rings is 1. The maximum Gasteiger partial charge on any atom is 0.191 e. The summed E-state index contributed by atoms with van der Waals surface area (Å²) < 4.78 is 5.25. The summed E-state index contributed by atoms with van der Waals surface area (Å²) in [4.78, 5) is 4.92. The lowest BCUT2D eigenvalue weighted by molar-refractivity contribution is 0.392. The van der Waals surface area contributed by atoms with Gasteiger partial charge < -0.3 is 15.2 Å². The van der Waals surface area contributed by atoms with Gasteiger partial charge in [0.05, 0.1) is 12.2 Å². The molecule has 0 fully saturated rings. The number of guanidine groups is 1. The standard InChI is InChI=1S/C22H34N4O/c1-6-22(7-2,19-12-10-9-11-13-19)16-25-21(23-8-3)24-15-14-20-17(4)26-27-18(20)5/h9-13H,6-8,14-16H2,1-5H3,(H2,23,24,25). The molecule has 1 heterocycles. The molecule has 5 heteroatoms. The highest BCUT2D eigenvalue weighted by Crippen LogP contribution is 2.31. The van der Waals surface area contributed by atoms with Crippen LogP contribution in [0, 0.1) is 13.8 Å². The lowest BCUT2D eigenvalue weighted by Crippen LogP contribution is -2.40. The molecule has 2 rings (SSSR count). The lowest BCUT2D eigenvalue weighted by Gasteiger charge is -2.31. The van der Waals surface area contributed by atoms with E-state index in [0.717, 1.165) is 56.3 Å². The quantitative estimate of drug-likeness (QED) is 0.514. The van der Waals surface area contributed by atoms with Crippen molar-refractivity contribution in [1.29, 1.82) is 0 Å². The van der Waals surface area contributed by atoms with Crippen molar-refractivity contribution in [2.45, 2.75) is 59.3 Å². The Morgan fingerprint density at radius 3 is 2.33 bits per heavy atom. The maximum atomic E-state index is 5.25. The molecular weight excluding hydrogens is 336 g/mol. The van der Waals surface area contributed by atoms with Gasteiger partial charge in [0.1, 0.15) is 5.76 Å². The minimum absolute atomic E-state index is 0.0747. The van der Waals surface area contributed by atoms with Gasteiger partial charge in [0.15, 0.2) is 5.96 Å². The van der Waals surface area contributed by atoms with E-state index in [4.69, 9.17) is 9.52 Å². The van der Waals surface area contributed by atoms with Gasteiger partial charge in [0.2, 0.25) is 0 Å². The fourth-order valence-electron chi connectivity index (χ4n) is 3.50. The summed E-state index contributed by atoms with van der Waals surface area (Å²) >= 11 is 0. The monoisotopic (exact) mass is 370 g/mol. The number of hydrogen-bond acceptors (Lipinski definition) is 3. The van der Waals surface area contributed by atoms with Gasteiger partial charge in [-0.25, -0.2) is 0 Å². The summed E-state index contributed by atoms with van der Waals surface area (Å²) in [6.07, 6.45) is 3.00. The summed E-state index contributed by atoms with van der Waals surface area (Å²) in [7, 11) is 0. The van der Waals surface area contributed by atoms with Crippen LogP contribution in [0.2, 0.25) is 0 Å². The van der Waals surface area contributed by atoms with Crippen LogP contribution in [-0.2, 0) is 11.8 Å². The molecule has 0 aliphatic carbocycles. The van der Waals surface area contributed by atoms with Gasteiger partial charge in [-0.2, -0.15) is 0 Å². The minimum Gasteiger partial charge on any atom is -0.361 e. The van der Waals surface area contributed by atoms with Gasteiger partial charge in [-0.05, 0) is 45.6 Å². The molecule has 5 nitrogen and oxygen atoms in total. The van der Waals surface area contributed by atoms with Crippen molar-refractivity contribution in [3.63, 3.8) is 0 Å². The van der Waals surface area contributed by atoms with Crippen molar-refractivity contribution in [2.24, 2.45) is 4.99 Å². The van der Waals surface area contributed by atoms with E-state index >= 15 is 0 Å². The van der Waals surface area contributed by atoms with Crippen LogP contribution in [0.4, 0.5) is 0 Å². The highest BCUT2D eigenvalue weighted by atomic mass is 16.5. The predicted octanol–water partition coefficient (Wildman–Crippen LogP) is 4.15. The maximum absolute atomic E-state index is 5.25. The Kier molecular flexibility index (Phi) is 7.89. The second-order valence-corrected chi connectivity index (χ2v) is 7.03. The first-order valence-corrected chi connectivity index (χ1v) is 10.1. The van der Waals surface area contributed by atoms with Crippen molar-refractivity contribution in [3.05, 3.63) is 52.9 Å². The second-order valence-electron chi connectivity index (χ2n) is 7.03. The molecule has 0 unspecified atom stereocenters. The van der Waals surface area contributed by atoms with Crippen LogP contribution in [0.1, 0.15) is 56.2 Å². The van der Waals surface area contributed by atoms with E-state index in [1.807, 2.05) is 13.8 Å². The first kappa shape index (κ1) is 21.0. The highest BCUT2D eigenvalue weighted by Gasteiger charge is 2.28. The van der Waals surface area contributed by atoms with Crippen molar-refractivity contribution in [3.8, 4) is 0 Å². The number of aromatic nitrogens is 1. The minimum atomic E-state index is 0.0747. The Morgan fingerprint density at radius 1 is 1.07 bits per heavy atom. The zero-order valence-corrected chi connectivity index (χ0v) is 17.4. The van der Waals surface area contributed by atoms with Crippen LogP contribution < -0.4 is 10.6 Å². The fourth-order valence-corrected chi connectivity index (χ4v) is 3.50.